The SMILES string of the molecule is CCCCn1c(=O)[nH]c(=O)c2[nH]c(C(Cc3ccccc3F)c3ccc(NS(=O)(=O)c4cccs4)cc3)nc21. The van der Waals surface area contributed by atoms with E-state index >= 15 is 0 Å². The number of halogens is 1. The van der Waals surface area contributed by atoms with Gasteiger partial charge in [-0.15, -0.1) is 11.3 Å². The highest BCUT2D eigenvalue weighted by Crippen LogP contribution is 2.30. The number of benzene rings is 2. The molecule has 0 aliphatic carbocycles. The molecule has 0 bridgehead atoms. The van der Waals surface area contributed by atoms with Crippen molar-refractivity contribution in [1.29, 1.82) is 0 Å². The maximum Gasteiger partial charge on any atom is 0.330 e. The van der Waals surface area contributed by atoms with Gasteiger partial charge in [0.05, 0.1) is 0 Å². The van der Waals surface area contributed by atoms with E-state index in [0.29, 0.717) is 23.6 Å². The minimum absolute atomic E-state index is 0.166. The Morgan fingerprint density at radius 2 is 1.82 bits per heavy atom. The van der Waals surface area contributed by atoms with Crippen molar-refractivity contribution in [2.75, 3.05) is 4.72 Å². The first-order valence-electron chi connectivity index (χ1n) is 12.4. The normalized spacial score (nSPS) is 12.6. The number of imidazole rings is 1. The van der Waals surface area contributed by atoms with Crippen LogP contribution in [-0.4, -0.2) is 27.9 Å². The van der Waals surface area contributed by atoms with Crippen molar-refractivity contribution < 1.29 is 12.8 Å². The molecule has 202 valence electrons. The molecule has 9 nitrogen and oxygen atoms in total. The molecule has 1 atom stereocenters. The Morgan fingerprint density at radius 3 is 2.51 bits per heavy atom. The molecule has 1 unspecified atom stereocenters. The minimum atomic E-state index is -3.72. The fourth-order valence-corrected chi connectivity index (χ4v) is 6.46. The maximum absolute atomic E-state index is 14.7. The third-order valence-corrected chi connectivity index (χ3v) is 9.20. The van der Waals surface area contributed by atoms with Gasteiger partial charge >= 0.3 is 5.69 Å². The quantitative estimate of drug-likeness (QED) is 0.227. The second-order valence-electron chi connectivity index (χ2n) is 9.09. The van der Waals surface area contributed by atoms with Crippen molar-refractivity contribution in [1.82, 2.24) is 19.5 Å². The van der Waals surface area contributed by atoms with Crippen molar-refractivity contribution in [3.63, 3.8) is 0 Å². The summed E-state index contributed by atoms with van der Waals surface area (Å²) in [6.07, 6.45) is 1.79. The predicted molar refractivity (Wildman–Crippen MR) is 149 cm³/mol. The molecule has 12 heteroatoms. The molecule has 39 heavy (non-hydrogen) atoms. The monoisotopic (exact) mass is 567 g/mol. The molecular formula is C27H26FN5O4S2. The van der Waals surface area contributed by atoms with Gasteiger partial charge in [0, 0.05) is 18.2 Å². The minimum Gasteiger partial charge on any atom is -0.336 e. The van der Waals surface area contributed by atoms with Crippen LogP contribution in [0.15, 0.2) is 79.8 Å². The van der Waals surface area contributed by atoms with Crippen LogP contribution >= 0.6 is 11.3 Å². The molecule has 0 saturated carbocycles. The van der Waals surface area contributed by atoms with Gasteiger partial charge in [0.15, 0.2) is 5.65 Å². The number of hydrogen-bond acceptors (Lipinski definition) is 6. The predicted octanol–water partition coefficient (Wildman–Crippen LogP) is 4.59. The molecule has 5 rings (SSSR count). The van der Waals surface area contributed by atoms with E-state index in [-0.39, 0.29) is 27.6 Å². The lowest BCUT2D eigenvalue weighted by Crippen LogP contribution is -2.30. The molecule has 0 saturated heterocycles. The Hall–Kier alpha value is -4.03. The first-order valence-corrected chi connectivity index (χ1v) is 14.8. The van der Waals surface area contributed by atoms with E-state index in [1.54, 1.807) is 53.9 Å². The smallest absolute Gasteiger partial charge is 0.330 e. The number of aryl methyl sites for hydroxylation is 1. The molecule has 0 fully saturated rings. The van der Waals surface area contributed by atoms with Crippen LogP contribution in [0, 0.1) is 5.82 Å². The van der Waals surface area contributed by atoms with Crippen molar-refractivity contribution in [3.05, 3.63) is 110 Å². The molecule has 3 aromatic heterocycles. The van der Waals surface area contributed by atoms with Crippen molar-refractivity contribution in [2.45, 2.75) is 42.9 Å². The zero-order valence-corrected chi connectivity index (χ0v) is 22.6. The summed E-state index contributed by atoms with van der Waals surface area (Å²) in [4.78, 5) is 35.2. The number of nitrogens with zero attached hydrogens (tertiary/aromatic N) is 2. The molecule has 2 aromatic carbocycles. The summed E-state index contributed by atoms with van der Waals surface area (Å²) in [5.74, 6) is -0.510. The first-order chi connectivity index (χ1) is 18.8. The Kier molecular flexibility index (Phi) is 7.49. The zero-order valence-electron chi connectivity index (χ0n) is 21.0. The lowest BCUT2D eigenvalue weighted by molar-refractivity contribution is 0.598. The maximum atomic E-state index is 14.7. The number of sulfonamides is 1. The Bertz CT molecular complexity index is 1820. The van der Waals surface area contributed by atoms with Gasteiger partial charge in [0.1, 0.15) is 21.4 Å². The summed E-state index contributed by atoms with van der Waals surface area (Å²) in [7, 11) is -3.72. The van der Waals surface area contributed by atoms with Gasteiger partial charge in [-0.25, -0.2) is 22.6 Å². The lowest BCUT2D eigenvalue weighted by atomic mass is 9.91. The molecule has 0 aliphatic rings. The molecular weight excluding hydrogens is 541 g/mol. The average molecular weight is 568 g/mol. The average Bonchev–Trinajstić information content (AvgIpc) is 3.60. The highest BCUT2D eigenvalue weighted by atomic mass is 32.2. The third kappa shape index (κ3) is 5.57. The van der Waals surface area contributed by atoms with Crippen molar-refractivity contribution in [3.8, 4) is 0 Å². The lowest BCUT2D eigenvalue weighted by Gasteiger charge is -2.17. The molecule has 0 spiro atoms. The highest BCUT2D eigenvalue weighted by Gasteiger charge is 2.23. The van der Waals surface area contributed by atoms with Crippen LogP contribution in [-0.2, 0) is 23.0 Å². The van der Waals surface area contributed by atoms with E-state index in [2.05, 4.69) is 19.7 Å². The number of H-pyrrole nitrogens is 2. The van der Waals surface area contributed by atoms with Gasteiger partial charge in [-0.3, -0.25) is 19.1 Å². The van der Waals surface area contributed by atoms with Crippen LogP contribution in [0.25, 0.3) is 11.2 Å². The van der Waals surface area contributed by atoms with Crippen LogP contribution in [0.3, 0.4) is 0 Å². The van der Waals surface area contributed by atoms with Crippen LogP contribution in [0.1, 0.15) is 42.6 Å². The zero-order chi connectivity index (χ0) is 27.6. The Balaban J connectivity index is 1.56. The van der Waals surface area contributed by atoms with E-state index in [1.165, 1.54) is 16.7 Å². The number of aromatic amines is 2. The fourth-order valence-electron chi connectivity index (χ4n) is 4.41. The number of anilines is 1. The number of thiophene rings is 1. The van der Waals surface area contributed by atoms with E-state index in [0.717, 1.165) is 29.7 Å². The Labute approximate surface area is 227 Å². The summed E-state index contributed by atoms with van der Waals surface area (Å²) in [5.41, 5.74) is 0.825. The number of nitrogens with one attached hydrogen (secondary N) is 3. The van der Waals surface area contributed by atoms with E-state index in [9.17, 15) is 22.4 Å². The summed E-state index contributed by atoms with van der Waals surface area (Å²) >= 11 is 1.12. The topological polar surface area (TPSA) is 130 Å². The summed E-state index contributed by atoms with van der Waals surface area (Å²) in [6, 6.07) is 16.3. The molecule has 0 amide bonds. The molecule has 5 aromatic rings. The second-order valence-corrected chi connectivity index (χ2v) is 11.9. The van der Waals surface area contributed by atoms with Gasteiger partial charge in [-0.1, -0.05) is 49.7 Å². The number of unbranched alkanes of at least 4 members (excludes halogenated alkanes) is 1. The van der Waals surface area contributed by atoms with Crippen LogP contribution in [0.5, 0.6) is 0 Å². The summed E-state index contributed by atoms with van der Waals surface area (Å²) in [5, 5.41) is 1.69. The van der Waals surface area contributed by atoms with Crippen molar-refractivity contribution >= 4 is 38.2 Å². The van der Waals surface area contributed by atoms with Crippen LogP contribution in [0.2, 0.25) is 0 Å². The first kappa shape index (κ1) is 26.6. The Morgan fingerprint density at radius 1 is 1.05 bits per heavy atom. The van der Waals surface area contributed by atoms with Gasteiger partial charge in [-0.2, -0.15) is 0 Å². The third-order valence-electron chi connectivity index (χ3n) is 6.42. The molecule has 0 aliphatic heterocycles. The number of rotatable bonds is 10. The summed E-state index contributed by atoms with van der Waals surface area (Å²) in [6.45, 7) is 2.39. The van der Waals surface area contributed by atoms with Gasteiger partial charge in [0.25, 0.3) is 15.6 Å². The van der Waals surface area contributed by atoms with Crippen LogP contribution in [0.4, 0.5) is 10.1 Å². The van der Waals surface area contributed by atoms with Gasteiger partial charge in [-0.05, 0) is 53.6 Å². The van der Waals surface area contributed by atoms with Gasteiger partial charge < -0.3 is 4.98 Å². The second kappa shape index (κ2) is 11.0. The van der Waals surface area contributed by atoms with E-state index < -0.39 is 27.2 Å². The standard InChI is InChI=1S/C27H26FN5O4S2/c1-2-3-14-33-25-23(26(34)31-27(33)35)29-24(30-25)20(16-18-7-4-5-8-21(18)28)17-10-12-19(13-11-17)32-39(36,37)22-9-6-15-38-22/h4-13,15,20,32H,2-3,14,16H2,1H3,(H,29,30)(H,31,34,35). The van der Waals surface area contributed by atoms with Crippen LogP contribution < -0.4 is 16.0 Å². The van der Waals surface area contributed by atoms with Gasteiger partial charge in [0.2, 0.25) is 0 Å². The number of hydrogen-bond donors (Lipinski definition) is 3. The van der Waals surface area contributed by atoms with Crippen molar-refractivity contribution in [2.24, 2.45) is 0 Å². The largest absolute Gasteiger partial charge is 0.336 e. The number of fused-ring (bicyclic) bond motifs is 1. The highest BCUT2D eigenvalue weighted by molar-refractivity contribution is 7.94. The molecule has 0 radical (unpaired) electrons. The molecule has 3 N–H and O–H groups in total. The number of aromatic nitrogens is 4. The summed E-state index contributed by atoms with van der Waals surface area (Å²) < 4.78 is 44.1. The molecule has 3 heterocycles. The fraction of sp³-hybridized carbons (Fsp3) is 0.222. The van der Waals surface area contributed by atoms with E-state index in [4.69, 9.17) is 0 Å². The van der Waals surface area contributed by atoms with E-state index in [1.807, 2.05) is 6.92 Å².